The Hall–Kier alpha value is -5.30. The van der Waals surface area contributed by atoms with Gasteiger partial charge in [-0.3, -0.25) is 34.3 Å². The van der Waals surface area contributed by atoms with E-state index in [1.807, 2.05) is 6.07 Å². The van der Waals surface area contributed by atoms with Gasteiger partial charge >= 0.3 is 0 Å². The SMILES string of the molecule is CC(C)N(CC1CCN(c2ccc(C(=O)NC3C(C)(C)C(Oc4ccc(C#N)c(Cl)c4)C3(C)C)nn2)CC1)C1CC(Oc2ccc3c(c2)C(O)N(C2CCC(=O)NC2=O)C3=O)C1. The topological polar surface area (TPSA) is 190 Å². The lowest BCUT2D eigenvalue weighted by molar-refractivity contribution is -0.164. The van der Waals surface area contributed by atoms with Crippen molar-refractivity contribution in [2.45, 2.75) is 123 Å². The van der Waals surface area contributed by atoms with Crippen molar-refractivity contribution in [3.8, 4) is 17.6 Å². The number of nitrogens with zero attached hydrogens (tertiary/aromatic N) is 6. The number of hydrogen-bond acceptors (Lipinski definition) is 12. The van der Waals surface area contributed by atoms with Gasteiger partial charge in [0.15, 0.2) is 17.7 Å². The second-order valence-electron chi connectivity index (χ2n) is 19.0. The Kier molecular flexibility index (Phi) is 11.7. The molecule has 15 nitrogen and oxygen atoms in total. The van der Waals surface area contributed by atoms with Crippen LogP contribution in [-0.2, 0) is 9.59 Å². The summed E-state index contributed by atoms with van der Waals surface area (Å²) in [5, 5.41) is 34.9. The third kappa shape index (κ3) is 8.08. The summed E-state index contributed by atoms with van der Waals surface area (Å²) in [7, 11) is 0. The third-order valence-electron chi connectivity index (χ3n) is 13.8. The summed E-state index contributed by atoms with van der Waals surface area (Å²) in [5.74, 6) is 0.749. The maximum Gasteiger partial charge on any atom is 0.272 e. The second-order valence-corrected chi connectivity index (χ2v) is 19.4. The zero-order valence-electron chi connectivity index (χ0n) is 36.1. The van der Waals surface area contributed by atoms with Crippen LogP contribution in [0.2, 0.25) is 5.02 Å². The van der Waals surface area contributed by atoms with Gasteiger partial charge < -0.3 is 24.8 Å². The second kappa shape index (κ2) is 16.8. The molecule has 2 unspecified atom stereocenters. The Labute approximate surface area is 367 Å². The van der Waals surface area contributed by atoms with Gasteiger partial charge in [0.05, 0.1) is 10.6 Å². The highest BCUT2D eigenvalue weighted by molar-refractivity contribution is 6.31. The van der Waals surface area contributed by atoms with Crippen LogP contribution in [0.5, 0.6) is 11.5 Å². The molecule has 328 valence electrons. The fourth-order valence-electron chi connectivity index (χ4n) is 10.6. The molecule has 2 saturated heterocycles. The van der Waals surface area contributed by atoms with E-state index < -0.39 is 34.9 Å². The van der Waals surface area contributed by atoms with E-state index in [2.05, 4.69) is 78.2 Å². The van der Waals surface area contributed by atoms with Crippen LogP contribution in [0.15, 0.2) is 48.5 Å². The van der Waals surface area contributed by atoms with Gasteiger partial charge in [-0.25, -0.2) is 0 Å². The average molecular weight is 867 g/mol. The molecule has 3 aliphatic heterocycles. The predicted octanol–water partition coefficient (Wildman–Crippen LogP) is 5.40. The predicted molar refractivity (Wildman–Crippen MR) is 229 cm³/mol. The number of halogens is 1. The van der Waals surface area contributed by atoms with E-state index in [9.17, 15) is 29.5 Å². The number of rotatable bonds is 12. The van der Waals surface area contributed by atoms with E-state index >= 15 is 0 Å². The number of carbonyl (C=O) groups is 4. The van der Waals surface area contributed by atoms with Crippen molar-refractivity contribution in [2.75, 3.05) is 24.5 Å². The van der Waals surface area contributed by atoms with Crippen LogP contribution >= 0.6 is 11.6 Å². The number of aliphatic hydroxyl groups excluding tert-OH is 1. The van der Waals surface area contributed by atoms with Gasteiger partial charge in [0.25, 0.3) is 11.8 Å². The first-order valence-electron chi connectivity index (χ1n) is 21.6. The van der Waals surface area contributed by atoms with E-state index in [1.54, 1.807) is 42.5 Å². The van der Waals surface area contributed by atoms with E-state index in [4.69, 9.17) is 21.1 Å². The van der Waals surface area contributed by atoms with Crippen LogP contribution in [0.1, 0.15) is 118 Å². The third-order valence-corrected chi connectivity index (χ3v) is 14.1. The first-order valence-corrected chi connectivity index (χ1v) is 22.0. The Morgan fingerprint density at radius 1 is 1.00 bits per heavy atom. The van der Waals surface area contributed by atoms with Gasteiger partial charge in [0.1, 0.15) is 35.8 Å². The molecule has 4 amide bonds. The van der Waals surface area contributed by atoms with Gasteiger partial charge in [-0.2, -0.15) is 5.26 Å². The number of piperidine rings is 2. The van der Waals surface area contributed by atoms with E-state index in [1.165, 1.54) is 0 Å². The van der Waals surface area contributed by atoms with Gasteiger partial charge in [0, 0.05) is 85.0 Å². The number of benzene rings is 2. The average Bonchev–Trinajstić information content (AvgIpc) is 3.47. The number of imide groups is 1. The first kappa shape index (κ1) is 43.4. The normalized spacial score (nSPS) is 26.6. The highest BCUT2D eigenvalue weighted by Gasteiger charge is 2.64. The van der Waals surface area contributed by atoms with E-state index in [-0.39, 0.29) is 48.6 Å². The molecule has 2 saturated carbocycles. The summed E-state index contributed by atoms with van der Waals surface area (Å²) >= 11 is 6.25. The molecule has 2 atom stereocenters. The van der Waals surface area contributed by atoms with Crippen molar-refractivity contribution >= 4 is 41.0 Å². The minimum Gasteiger partial charge on any atom is -0.490 e. The zero-order valence-corrected chi connectivity index (χ0v) is 36.8. The van der Waals surface area contributed by atoms with Crippen molar-refractivity contribution < 1.29 is 33.8 Å². The van der Waals surface area contributed by atoms with Gasteiger partial charge in [-0.1, -0.05) is 39.3 Å². The molecule has 2 aliphatic carbocycles. The number of fused-ring (bicyclic) bond motifs is 1. The smallest absolute Gasteiger partial charge is 0.272 e. The van der Waals surface area contributed by atoms with Crippen molar-refractivity contribution in [2.24, 2.45) is 16.7 Å². The summed E-state index contributed by atoms with van der Waals surface area (Å²) in [5.41, 5.74) is 0.577. The molecule has 4 fully saturated rings. The Balaban J connectivity index is 0.794. The summed E-state index contributed by atoms with van der Waals surface area (Å²) in [4.78, 5) is 56.7. The van der Waals surface area contributed by atoms with Crippen LogP contribution < -0.4 is 25.0 Å². The molecule has 4 heterocycles. The maximum atomic E-state index is 13.5. The first-order chi connectivity index (χ1) is 29.5. The molecule has 0 radical (unpaired) electrons. The molecule has 0 bridgehead atoms. The summed E-state index contributed by atoms with van der Waals surface area (Å²) in [6.07, 6.45) is 2.52. The molecule has 0 spiro atoms. The Morgan fingerprint density at radius 2 is 1.69 bits per heavy atom. The molecular weight excluding hydrogens is 812 g/mol. The van der Waals surface area contributed by atoms with Crippen molar-refractivity contribution in [1.82, 2.24) is 30.6 Å². The molecule has 3 N–H and O–H groups in total. The number of nitriles is 1. The molecule has 1 aromatic heterocycles. The number of hydrogen-bond donors (Lipinski definition) is 3. The largest absolute Gasteiger partial charge is 0.490 e. The van der Waals surface area contributed by atoms with Crippen molar-refractivity contribution in [3.05, 3.63) is 75.9 Å². The Morgan fingerprint density at radius 3 is 2.32 bits per heavy atom. The molecule has 62 heavy (non-hydrogen) atoms. The molecule has 3 aromatic rings. The standard InChI is InChI=1S/C46H55ClN8O7/c1-25(2)54(28-19-31(20-28)61-29-9-10-32-33(21-29)42(60)55(41(32)59)36-12-14-38(56)49-40(36)58)24-26-15-17-53(18-16-26)37-13-11-35(51-52-37)39(57)50-43-45(3,4)44(46(43,5)6)62-30-8-7-27(23-48)34(47)22-30/h7-11,13,21-22,25-26,28,31,36,42-44,60H,12,14-20,24H2,1-6H3,(H,50,57)(H,49,56,58). The van der Waals surface area contributed by atoms with Crippen LogP contribution in [0, 0.1) is 28.1 Å². The number of anilines is 1. The molecule has 8 rings (SSSR count). The molecule has 16 heteroatoms. The lowest BCUT2D eigenvalue weighted by Crippen LogP contribution is -2.74. The highest BCUT2D eigenvalue weighted by Crippen LogP contribution is 2.55. The van der Waals surface area contributed by atoms with Crippen LogP contribution in [-0.4, -0.2) is 105 Å². The van der Waals surface area contributed by atoms with Crippen molar-refractivity contribution in [1.29, 1.82) is 5.26 Å². The van der Waals surface area contributed by atoms with E-state index in [0.717, 1.165) is 56.0 Å². The number of carbonyl (C=O) groups excluding carboxylic acids is 4. The minimum absolute atomic E-state index is 0.00281. The quantitative estimate of drug-likeness (QED) is 0.197. The minimum atomic E-state index is -1.29. The number of aliphatic hydroxyl groups is 1. The maximum absolute atomic E-state index is 13.5. The molecular formula is C46H55ClN8O7. The van der Waals surface area contributed by atoms with Gasteiger partial charge in [-0.15, -0.1) is 10.2 Å². The summed E-state index contributed by atoms with van der Waals surface area (Å²) < 4.78 is 12.7. The van der Waals surface area contributed by atoms with Crippen LogP contribution in [0.3, 0.4) is 0 Å². The fraction of sp³-hybridized carbons (Fsp3) is 0.543. The number of ether oxygens (including phenoxy) is 2. The van der Waals surface area contributed by atoms with E-state index in [0.29, 0.717) is 51.2 Å². The van der Waals surface area contributed by atoms with Crippen LogP contribution in [0.4, 0.5) is 5.82 Å². The van der Waals surface area contributed by atoms with Crippen molar-refractivity contribution in [3.63, 3.8) is 0 Å². The van der Waals surface area contributed by atoms with Gasteiger partial charge in [-0.05, 0) is 81.5 Å². The summed E-state index contributed by atoms with van der Waals surface area (Å²) in [6.45, 7) is 15.4. The number of amides is 4. The molecule has 2 aromatic carbocycles. The van der Waals surface area contributed by atoms with Crippen LogP contribution in [0.25, 0.3) is 0 Å². The zero-order chi connectivity index (χ0) is 44.2. The lowest BCUT2D eigenvalue weighted by Gasteiger charge is -2.63. The highest BCUT2D eigenvalue weighted by atomic mass is 35.5. The Bertz CT molecular complexity index is 2270. The fourth-order valence-corrected chi connectivity index (χ4v) is 10.8. The summed E-state index contributed by atoms with van der Waals surface area (Å²) in [6, 6.07) is 15.4. The van der Waals surface area contributed by atoms with Gasteiger partial charge in [0.2, 0.25) is 11.8 Å². The molecule has 5 aliphatic rings. The number of aromatic nitrogens is 2. The lowest BCUT2D eigenvalue weighted by atomic mass is 9.49. The number of nitrogens with one attached hydrogen (secondary N) is 2. The monoisotopic (exact) mass is 866 g/mol.